The summed E-state index contributed by atoms with van der Waals surface area (Å²) in [6, 6.07) is 18.4. The number of esters is 1. The van der Waals surface area contributed by atoms with Crippen molar-refractivity contribution in [1.29, 1.82) is 0 Å². The summed E-state index contributed by atoms with van der Waals surface area (Å²) in [4.78, 5) is 15.0. The second-order valence-electron chi connectivity index (χ2n) is 7.25. The predicted molar refractivity (Wildman–Crippen MR) is 110 cm³/mol. The summed E-state index contributed by atoms with van der Waals surface area (Å²) in [6.07, 6.45) is 0. The molecule has 3 aromatic rings. The normalized spacial score (nSPS) is 18.5. The van der Waals surface area contributed by atoms with E-state index >= 15 is 0 Å². The van der Waals surface area contributed by atoms with Crippen LogP contribution >= 0.6 is 0 Å². The van der Waals surface area contributed by atoms with E-state index in [2.05, 4.69) is 18.7 Å². The van der Waals surface area contributed by atoms with Crippen molar-refractivity contribution in [2.45, 2.75) is 19.4 Å². The van der Waals surface area contributed by atoms with Crippen LogP contribution in [-0.2, 0) is 10.3 Å². The van der Waals surface area contributed by atoms with Crippen molar-refractivity contribution < 1.29 is 19.4 Å². The van der Waals surface area contributed by atoms with Crippen LogP contribution in [0.15, 0.2) is 60.7 Å². The molecule has 146 valence electrons. The van der Waals surface area contributed by atoms with Crippen molar-refractivity contribution in [2.75, 3.05) is 18.0 Å². The molecule has 0 aromatic heterocycles. The van der Waals surface area contributed by atoms with Gasteiger partial charge in [0.05, 0.1) is 5.56 Å². The summed E-state index contributed by atoms with van der Waals surface area (Å²) in [5, 5.41) is 10.0. The molecule has 0 radical (unpaired) electrons. The van der Waals surface area contributed by atoms with Gasteiger partial charge in [-0.1, -0.05) is 18.2 Å². The lowest BCUT2D eigenvalue weighted by Crippen LogP contribution is -2.33. The van der Waals surface area contributed by atoms with Crippen LogP contribution in [0.25, 0.3) is 0 Å². The molecule has 0 amide bonds. The molecular weight excluding hydrogens is 366 g/mol. The number of anilines is 1. The summed E-state index contributed by atoms with van der Waals surface area (Å²) in [5.41, 5.74) is 2.77. The fraction of sp³-hybridized carbons (Fsp3) is 0.208. The van der Waals surface area contributed by atoms with Gasteiger partial charge in [0, 0.05) is 47.6 Å². The smallest absolute Gasteiger partial charge is 0.340 e. The Morgan fingerprint density at radius 2 is 1.59 bits per heavy atom. The molecular formula is C24H21NO4. The first-order chi connectivity index (χ1) is 14.1. The van der Waals surface area contributed by atoms with E-state index in [1.807, 2.05) is 36.4 Å². The number of phenolic OH excluding ortho intramolecular Hbond substituents is 1. The maximum Gasteiger partial charge on any atom is 0.340 e. The molecule has 0 saturated heterocycles. The lowest BCUT2D eigenvalue weighted by atomic mass is 9.77. The largest absolute Gasteiger partial charge is 0.508 e. The molecule has 5 rings (SSSR count). The number of aromatic hydroxyl groups is 1. The second kappa shape index (κ2) is 6.27. The average molecular weight is 387 g/mol. The zero-order valence-electron chi connectivity index (χ0n) is 16.3. The van der Waals surface area contributed by atoms with Crippen LogP contribution in [0.3, 0.4) is 0 Å². The van der Waals surface area contributed by atoms with E-state index in [0.29, 0.717) is 22.6 Å². The van der Waals surface area contributed by atoms with Gasteiger partial charge in [-0.05, 0) is 44.2 Å². The Kier molecular flexibility index (Phi) is 3.81. The fourth-order valence-electron chi connectivity index (χ4n) is 4.44. The number of phenols is 1. The van der Waals surface area contributed by atoms with Crippen LogP contribution in [0.4, 0.5) is 5.69 Å². The van der Waals surface area contributed by atoms with Crippen LogP contribution in [0.1, 0.15) is 40.9 Å². The molecule has 0 aliphatic carbocycles. The van der Waals surface area contributed by atoms with Crippen molar-refractivity contribution in [3.63, 3.8) is 0 Å². The summed E-state index contributed by atoms with van der Waals surface area (Å²) in [6.45, 7) is 5.95. The number of hydrogen-bond acceptors (Lipinski definition) is 5. The molecule has 1 unspecified atom stereocenters. The first-order valence-electron chi connectivity index (χ1n) is 9.82. The van der Waals surface area contributed by atoms with E-state index in [-0.39, 0.29) is 11.7 Å². The highest BCUT2D eigenvalue weighted by Gasteiger charge is 2.53. The molecule has 29 heavy (non-hydrogen) atoms. The van der Waals surface area contributed by atoms with E-state index < -0.39 is 5.60 Å². The van der Waals surface area contributed by atoms with Gasteiger partial charge in [0.15, 0.2) is 5.60 Å². The molecule has 0 saturated carbocycles. The van der Waals surface area contributed by atoms with Crippen molar-refractivity contribution >= 4 is 11.7 Å². The Morgan fingerprint density at radius 3 is 2.34 bits per heavy atom. The Morgan fingerprint density at radius 1 is 0.897 bits per heavy atom. The molecule has 3 aromatic carbocycles. The minimum absolute atomic E-state index is 0.0971. The van der Waals surface area contributed by atoms with Crippen LogP contribution < -0.4 is 9.64 Å². The van der Waals surface area contributed by atoms with Gasteiger partial charge in [0.2, 0.25) is 0 Å². The zero-order chi connectivity index (χ0) is 20.2. The Labute approximate surface area is 169 Å². The molecule has 2 heterocycles. The molecule has 5 heteroatoms. The maximum atomic E-state index is 12.8. The Hall–Kier alpha value is -3.47. The van der Waals surface area contributed by atoms with Crippen LogP contribution in [0.5, 0.6) is 17.2 Å². The van der Waals surface area contributed by atoms with Crippen molar-refractivity contribution in [3.8, 4) is 17.2 Å². The molecule has 1 spiro atoms. The number of fused-ring (bicyclic) bond motifs is 6. The third-order valence-corrected chi connectivity index (χ3v) is 5.81. The highest BCUT2D eigenvalue weighted by atomic mass is 16.6. The van der Waals surface area contributed by atoms with Crippen molar-refractivity contribution in [3.05, 3.63) is 82.9 Å². The van der Waals surface area contributed by atoms with Crippen LogP contribution in [0, 0.1) is 0 Å². The molecule has 0 fully saturated rings. The number of carbonyl (C=O) groups is 1. The van der Waals surface area contributed by atoms with Gasteiger partial charge in [0.25, 0.3) is 0 Å². The topological polar surface area (TPSA) is 59.0 Å². The highest BCUT2D eigenvalue weighted by molar-refractivity contribution is 5.97. The number of ether oxygens (including phenoxy) is 2. The monoisotopic (exact) mass is 387 g/mol. The molecule has 1 atom stereocenters. The first-order valence-corrected chi connectivity index (χ1v) is 9.82. The van der Waals surface area contributed by atoms with E-state index in [9.17, 15) is 9.90 Å². The van der Waals surface area contributed by atoms with Crippen LogP contribution in [0.2, 0.25) is 0 Å². The van der Waals surface area contributed by atoms with E-state index in [0.717, 1.165) is 29.9 Å². The third-order valence-electron chi connectivity index (χ3n) is 5.81. The molecule has 2 aliphatic heterocycles. The Bertz CT molecular complexity index is 1140. The van der Waals surface area contributed by atoms with Gasteiger partial charge in [-0.15, -0.1) is 0 Å². The first kappa shape index (κ1) is 17.6. The summed E-state index contributed by atoms with van der Waals surface area (Å²) in [7, 11) is 0. The van der Waals surface area contributed by atoms with Gasteiger partial charge in [-0.2, -0.15) is 0 Å². The molecule has 2 aliphatic rings. The maximum absolute atomic E-state index is 12.8. The van der Waals surface area contributed by atoms with Gasteiger partial charge >= 0.3 is 5.97 Å². The highest BCUT2D eigenvalue weighted by Crippen LogP contribution is 2.56. The lowest BCUT2D eigenvalue weighted by Gasteiger charge is -2.37. The number of nitrogens with zero attached hydrogens (tertiary/aromatic N) is 1. The minimum Gasteiger partial charge on any atom is -0.508 e. The van der Waals surface area contributed by atoms with E-state index in [4.69, 9.17) is 9.47 Å². The standard InChI is InChI=1S/C24H21NO4/c1-3-25(4-2)15-9-11-19-21(13-15)28-22-14-16(26)10-12-20(22)24(19)18-8-6-5-7-17(18)23(27)29-24/h5-14,26H,3-4H2,1-2H3. The summed E-state index contributed by atoms with van der Waals surface area (Å²) in [5.74, 6) is 0.843. The lowest BCUT2D eigenvalue weighted by molar-refractivity contribution is 0.0224. The van der Waals surface area contributed by atoms with Gasteiger partial charge < -0.3 is 19.5 Å². The van der Waals surface area contributed by atoms with Gasteiger partial charge in [-0.3, -0.25) is 0 Å². The zero-order valence-corrected chi connectivity index (χ0v) is 16.3. The van der Waals surface area contributed by atoms with Crippen molar-refractivity contribution in [2.24, 2.45) is 0 Å². The van der Waals surface area contributed by atoms with Crippen molar-refractivity contribution in [1.82, 2.24) is 0 Å². The molecule has 0 bridgehead atoms. The van der Waals surface area contributed by atoms with Crippen LogP contribution in [-0.4, -0.2) is 24.2 Å². The average Bonchev–Trinajstić information content (AvgIpc) is 3.02. The van der Waals surface area contributed by atoms with E-state index in [1.165, 1.54) is 0 Å². The minimum atomic E-state index is -1.09. The number of rotatable bonds is 3. The number of benzene rings is 3. The third kappa shape index (κ3) is 2.37. The van der Waals surface area contributed by atoms with E-state index in [1.54, 1.807) is 24.3 Å². The predicted octanol–water partition coefficient (Wildman–Crippen LogP) is 4.81. The molecule has 1 N–H and O–H groups in total. The van der Waals surface area contributed by atoms with Gasteiger partial charge in [0.1, 0.15) is 17.2 Å². The summed E-state index contributed by atoms with van der Waals surface area (Å²) < 4.78 is 12.3. The van der Waals surface area contributed by atoms with Gasteiger partial charge in [-0.25, -0.2) is 4.79 Å². The fourth-order valence-corrected chi connectivity index (χ4v) is 4.44. The quantitative estimate of drug-likeness (QED) is 0.654. The number of carbonyl (C=O) groups excluding carboxylic acids is 1. The number of hydrogen-bond donors (Lipinski definition) is 1. The summed E-state index contributed by atoms with van der Waals surface area (Å²) >= 11 is 0. The molecule has 5 nitrogen and oxygen atoms in total. The Balaban J connectivity index is 1.80. The SMILES string of the molecule is CCN(CC)c1ccc2c(c1)Oc1cc(O)ccc1C21OC(=O)c2ccccc21. The second-order valence-corrected chi connectivity index (χ2v) is 7.25.